The van der Waals surface area contributed by atoms with Gasteiger partial charge < -0.3 is 34.6 Å². The maximum Gasteiger partial charge on any atom is 0.249 e. The topological polar surface area (TPSA) is 152 Å². The molecule has 2 unspecified atom stereocenters. The Morgan fingerprint density at radius 1 is 1.04 bits per heavy atom. The van der Waals surface area contributed by atoms with Gasteiger partial charge in [0.1, 0.15) is 35.6 Å². The molecule has 4 bridgehead atoms. The molecule has 2 aromatic carbocycles. The zero-order valence-corrected chi connectivity index (χ0v) is 26.8. The highest BCUT2D eigenvalue weighted by molar-refractivity contribution is 5.90. The van der Waals surface area contributed by atoms with E-state index in [2.05, 4.69) is 22.0 Å². The summed E-state index contributed by atoms with van der Waals surface area (Å²) < 4.78 is 19.5. The van der Waals surface area contributed by atoms with E-state index in [1.807, 2.05) is 64.1 Å². The molecule has 0 saturated carbocycles. The van der Waals surface area contributed by atoms with Gasteiger partial charge in [-0.1, -0.05) is 71.9 Å². The maximum absolute atomic E-state index is 14.0. The number of hydrogen-bond acceptors (Lipinski definition) is 9. The summed E-state index contributed by atoms with van der Waals surface area (Å²) in [6.45, 7) is 11.5. The minimum Gasteiger partial charge on any atom is -0.469 e. The van der Waals surface area contributed by atoms with Crippen LogP contribution >= 0.6 is 0 Å². The molecular weight excluding hydrogens is 586 g/mol. The van der Waals surface area contributed by atoms with E-state index in [1.54, 1.807) is 20.1 Å². The zero-order chi connectivity index (χ0) is 32.5. The van der Waals surface area contributed by atoms with E-state index >= 15 is 0 Å². The van der Waals surface area contributed by atoms with Gasteiger partial charge in [-0.15, -0.1) is 0 Å². The van der Waals surface area contributed by atoms with E-state index in [-0.39, 0.29) is 30.1 Å². The third-order valence-corrected chi connectivity index (χ3v) is 9.27. The molecule has 46 heavy (non-hydrogen) atoms. The van der Waals surface area contributed by atoms with Gasteiger partial charge in [-0.3, -0.25) is 9.59 Å². The number of amides is 2. The number of carbonyl (C=O) groups is 2. The summed E-state index contributed by atoms with van der Waals surface area (Å²) in [6.07, 6.45) is -0.00415. The van der Waals surface area contributed by atoms with E-state index in [9.17, 15) is 14.7 Å². The van der Waals surface area contributed by atoms with Gasteiger partial charge in [0.15, 0.2) is 17.7 Å². The van der Waals surface area contributed by atoms with E-state index in [0.29, 0.717) is 23.1 Å². The summed E-state index contributed by atoms with van der Waals surface area (Å²) in [5, 5.41) is 20.0. The van der Waals surface area contributed by atoms with Crippen LogP contribution in [0.2, 0.25) is 0 Å². The lowest BCUT2D eigenvalue weighted by molar-refractivity contribution is -0.135. The minimum atomic E-state index is -1.26. The highest BCUT2D eigenvalue weighted by atomic mass is 16.5. The number of benzene rings is 2. The van der Waals surface area contributed by atoms with Crippen molar-refractivity contribution in [3.05, 3.63) is 82.8 Å². The third-order valence-electron chi connectivity index (χ3n) is 9.27. The van der Waals surface area contributed by atoms with Gasteiger partial charge in [-0.05, 0) is 41.0 Å². The monoisotopic (exact) mass is 625 g/mol. The Kier molecular flexibility index (Phi) is 7.19. The Bertz CT molecular complexity index is 1830. The third kappa shape index (κ3) is 4.59. The molecule has 240 valence electrons. The van der Waals surface area contributed by atoms with E-state index in [4.69, 9.17) is 23.5 Å². The summed E-state index contributed by atoms with van der Waals surface area (Å²) in [6, 6.07) is 12.2. The Balaban J connectivity index is 1.48. The lowest BCUT2D eigenvalue weighted by Crippen LogP contribution is -2.52. The number of ether oxygens (including phenoxy) is 1. The predicted octanol–water partition coefficient (Wildman–Crippen LogP) is 4.80. The van der Waals surface area contributed by atoms with Crippen molar-refractivity contribution in [2.75, 3.05) is 5.32 Å². The van der Waals surface area contributed by atoms with Crippen LogP contribution in [0.3, 0.4) is 0 Å². The van der Waals surface area contributed by atoms with Crippen LogP contribution in [0.5, 0.6) is 5.75 Å². The molecule has 0 radical (unpaired) electrons. The summed E-state index contributed by atoms with van der Waals surface area (Å²) >= 11 is 0. The Morgan fingerprint density at radius 3 is 2.54 bits per heavy atom. The van der Waals surface area contributed by atoms with Crippen molar-refractivity contribution in [3.63, 3.8) is 0 Å². The molecule has 0 aliphatic carbocycles. The fourth-order valence-corrected chi connectivity index (χ4v) is 6.67. The van der Waals surface area contributed by atoms with Crippen molar-refractivity contribution in [1.82, 2.24) is 20.6 Å². The lowest BCUT2D eigenvalue weighted by Gasteiger charge is -2.29. The van der Waals surface area contributed by atoms with Crippen molar-refractivity contribution in [2.45, 2.75) is 83.7 Å². The summed E-state index contributed by atoms with van der Waals surface area (Å²) in [7, 11) is 0. The number of rotatable bonds is 6. The zero-order valence-electron chi connectivity index (χ0n) is 26.8. The highest BCUT2D eigenvalue weighted by Crippen LogP contribution is 2.59. The molecule has 2 amide bonds. The average Bonchev–Trinajstić information content (AvgIpc) is 3.79. The molecule has 0 fully saturated rings. The quantitative estimate of drug-likeness (QED) is 0.237. The van der Waals surface area contributed by atoms with Crippen molar-refractivity contribution in [3.8, 4) is 17.3 Å². The number of fused-ring (bicyclic) bond motifs is 4. The molecule has 7 rings (SSSR count). The molecule has 2 aromatic heterocycles. The number of aliphatic hydroxyl groups excluding tert-OH is 1. The molecular formula is C35H39N5O6. The van der Waals surface area contributed by atoms with Crippen molar-refractivity contribution in [2.24, 2.45) is 11.8 Å². The standard InChI is InChI=1S/C35H39N5O6/c1-16(2)24-15-44-32(37-24)27-29-35-20-9-7-8-10-22(20)38-34(35)45-25-12-11-19(13-21(25)35)14-23(36-31(43)28(41)18(5)6)30(42)39-26(17(3)4)33(40-27)46-29/h7-13,15-18,23,26,28,34,38,41H,14H2,1-6H3,(H,36,43)(H,39,42)/t23-,26-,28-,34?,35?/m0/s1. The van der Waals surface area contributed by atoms with Crippen LogP contribution in [-0.4, -0.2) is 45.3 Å². The number of hydrogen-bond donors (Lipinski definition) is 4. The second kappa shape index (κ2) is 11.0. The van der Waals surface area contributed by atoms with Crippen LogP contribution in [0, 0.1) is 11.8 Å². The first-order valence-electron chi connectivity index (χ1n) is 15.9. The van der Waals surface area contributed by atoms with Gasteiger partial charge in [-0.2, -0.15) is 0 Å². The molecule has 4 N–H and O–H groups in total. The molecule has 11 heteroatoms. The van der Waals surface area contributed by atoms with Crippen LogP contribution in [0.1, 0.15) is 87.5 Å². The Hall–Kier alpha value is -4.64. The van der Waals surface area contributed by atoms with Gasteiger partial charge in [0.2, 0.25) is 23.6 Å². The first-order chi connectivity index (χ1) is 22.0. The molecule has 5 heterocycles. The SMILES string of the molecule is CC(C)c1coc(-c2nc3oc2C24c5ccccc5NC2Oc2ccc(cc24)C[C@H](NC(=O)[C@@H](O)C(C)C)C(=O)N[C@H]3C(C)C)n1. The molecule has 5 atom stereocenters. The second-order valence-electron chi connectivity index (χ2n) is 13.5. The summed E-state index contributed by atoms with van der Waals surface area (Å²) in [5.74, 6) is 0.399. The van der Waals surface area contributed by atoms with Crippen molar-refractivity contribution >= 4 is 17.5 Å². The maximum atomic E-state index is 14.0. The Labute approximate surface area is 267 Å². The second-order valence-corrected chi connectivity index (χ2v) is 13.5. The van der Waals surface area contributed by atoms with E-state index < -0.39 is 41.6 Å². The molecule has 1 spiro atoms. The summed E-state index contributed by atoms with van der Waals surface area (Å²) in [5.41, 5.74) is 3.71. The average molecular weight is 626 g/mol. The number of aromatic nitrogens is 2. The lowest BCUT2D eigenvalue weighted by atomic mass is 9.72. The predicted molar refractivity (Wildman–Crippen MR) is 169 cm³/mol. The normalized spacial score (nSPS) is 23.6. The number of anilines is 1. The smallest absolute Gasteiger partial charge is 0.249 e. The van der Waals surface area contributed by atoms with Crippen molar-refractivity contribution in [1.29, 1.82) is 0 Å². The van der Waals surface area contributed by atoms with E-state index in [1.165, 1.54) is 0 Å². The molecule has 3 aliphatic heterocycles. The van der Waals surface area contributed by atoms with Crippen LogP contribution in [0.25, 0.3) is 11.6 Å². The van der Waals surface area contributed by atoms with Crippen LogP contribution in [0.15, 0.2) is 57.6 Å². The molecule has 0 saturated heterocycles. The van der Waals surface area contributed by atoms with Crippen LogP contribution in [0.4, 0.5) is 5.69 Å². The largest absolute Gasteiger partial charge is 0.469 e. The number of para-hydroxylation sites is 1. The number of nitrogens with zero attached hydrogens (tertiary/aromatic N) is 2. The molecule has 4 aromatic rings. The fourth-order valence-electron chi connectivity index (χ4n) is 6.67. The number of nitrogens with one attached hydrogen (secondary N) is 3. The first kappa shape index (κ1) is 30.0. The van der Waals surface area contributed by atoms with Crippen LogP contribution < -0.4 is 20.7 Å². The number of carbonyl (C=O) groups excluding carboxylic acids is 2. The summed E-state index contributed by atoms with van der Waals surface area (Å²) in [4.78, 5) is 36.8. The van der Waals surface area contributed by atoms with Gasteiger partial charge >= 0.3 is 0 Å². The number of oxazole rings is 2. The van der Waals surface area contributed by atoms with Gasteiger partial charge in [-0.25, -0.2) is 9.97 Å². The molecule has 3 aliphatic rings. The number of aliphatic hydroxyl groups is 1. The van der Waals surface area contributed by atoms with Gasteiger partial charge in [0.25, 0.3) is 0 Å². The van der Waals surface area contributed by atoms with E-state index in [0.717, 1.165) is 28.1 Å². The molecule has 11 nitrogen and oxygen atoms in total. The highest BCUT2D eigenvalue weighted by Gasteiger charge is 2.61. The van der Waals surface area contributed by atoms with Gasteiger partial charge in [0.05, 0.1) is 5.69 Å². The first-order valence-corrected chi connectivity index (χ1v) is 15.9. The van der Waals surface area contributed by atoms with Crippen LogP contribution in [-0.2, 0) is 21.4 Å². The fraction of sp³-hybridized carbons (Fsp3) is 0.429. The Morgan fingerprint density at radius 2 is 1.83 bits per heavy atom. The van der Waals surface area contributed by atoms with Gasteiger partial charge in [0, 0.05) is 17.7 Å². The van der Waals surface area contributed by atoms with Crippen molar-refractivity contribution < 1.29 is 28.3 Å². The minimum absolute atomic E-state index is 0.128.